The topological polar surface area (TPSA) is 54.0 Å². The Morgan fingerprint density at radius 1 is 1.20 bits per heavy atom. The maximum absolute atomic E-state index is 12.2. The zero-order valence-corrected chi connectivity index (χ0v) is 12.0. The second-order valence-electron chi connectivity index (χ2n) is 4.79. The van der Waals surface area contributed by atoms with Crippen molar-refractivity contribution < 1.29 is 4.79 Å². The predicted octanol–water partition coefficient (Wildman–Crippen LogP) is 2.67. The number of rotatable bonds is 4. The molecule has 1 aromatic carbocycles. The number of aryl methyl sites for hydroxylation is 2. The maximum atomic E-state index is 12.2. The molecule has 104 valence electrons. The van der Waals surface area contributed by atoms with E-state index < -0.39 is 0 Å². The lowest BCUT2D eigenvalue weighted by Crippen LogP contribution is -2.24. The molecule has 0 atom stereocenters. The van der Waals surface area contributed by atoms with Gasteiger partial charge in [0.2, 0.25) is 0 Å². The van der Waals surface area contributed by atoms with E-state index in [2.05, 4.69) is 15.6 Å². The van der Waals surface area contributed by atoms with Crippen molar-refractivity contribution in [3.8, 4) is 0 Å². The molecule has 0 aliphatic heterocycles. The molecule has 0 bridgehead atoms. The minimum Gasteiger partial charge on any atom is -0.387 e. The largest absolute Gasteiger partial charge is 0.387 e. The van der Waals surface area contributed by atoms with Crippen LogP contribution in [0.2, 0.25) is 0 Å². The Morgan fingerprint density at radius 3 is 2.55 bits per heavy atom. The fourth-order valence-electron chi connectivity index (χ4n) is 1.93. The lowest BCUT2D eigenvalue weighted by atomic mass is 10.1. The quantitative estimate of drug-likeness (QED) is 0.897. The van der Waals surface area contributed by atoms with Crippen LogP contribution in [0.1, 0.15) is 27.2 Å². The highest BCUT2D eigenvalue weighted by atomic mass is 16.1. The highest BCUT2D eigenvalue weighted by Crippen LogP contribution is 2.15. The fraction of sp³-hybridized carbons (Fsp3) is 0.250. The summed E-state index contributed by atoms with van der Waals surface area (Å²) in [7, 11) is 1.80. The zero-order chi connectivity index (χ0) is 14.5. The standard InChI is InChI=1S/C16H19N3O/c1-11-4-6-13(7-5-11)9-19-16(20)14-10-18-12(2)8-15(14)17-3/h4-8,10H,9H2,1-3H3,(H,17,18)(H,19,20). The Labute approximate surface area is 119 Å². The number of hydrogen-bond donors (Lipinski definition) is 2. The molecule has 1 amide bonds. The highest BCUT2D eigenvalue weighted by Gasteiger charge is 2.11. The van der Waals surface area contributed by atoms with Gasteiger partial charge in [-0.25, -0.2) is 0 Å². The van der Waals surface area contributed by atoms with E-state index in [1.54, 1.807) is 13.2 Å². The molecule has 0 unspecified atom stereocenters. The van der Waals surface area contributed by atoms with Crippen molar-refractivity contribution >= 4 is 11.6 Å². The van der Waals surface area contributed by atoms with Gasteiger partial charge < -0.3 is 10.6 Å². The van der Waals surface area contributed by atoms with E-state index in [4.69, 9.17) is 0 Å². The average molecular weight is 269 g/mol. The molecule has 0 aliphatic carbocycles. The third-order valence-corrected chi connectivity index (χ3v) is 3.13. The molecule has 0 spiro atoms. The molecule has 20 heavy (non-hydrogen) atoms. The van der Waals surface area contributed by atoms with Gasteiger partial charge in [0.05, 0.1) is 11.3 Å². The van der Waals surface area contributed by atoms with Gasteiger partial charge in [-0.15, -0.1) is 0 Å². The number of aromatic nitrogens is 1. The SMILES string of the molecule is CNc1cc(C)ncc1C(=O)NCc1ccc(C)cc1. The molecule has 2 N–H and O–H groups in total. The molecule has 2 aromatic rings. The summed E-state index contributed by atoms with van der Waals surface area (Å²) in [5.41, 5.74) is 4.52. The monoisotopic (exact) mass is 269 g/mol. The summed E-state index contributed by atoms with van der Waals surface area (Å²) in [6, 6.07) is 9.96. The first-order valence-electron chi connectivity index (χ1n) is 6.58. The first kappa shape index (κ1) is 14.1. The molecular weight excluding hydrogens is 250 g/mol. The number of pyridine rings is 1. The number of nitrogens with zero attached hydrogens (tertiary/aromatic N) is 1. The minimum atomic E-state index is -0.123. The Kier molecular flexibility index (Phi) is 4.35. The van der Waals surface area contributed by atoms with Crippen molar-refractivity contribution in [3.05, 3.63) is 58.9 Å². The Morgan fingerprint density at radius 2 is 1.90 bits per heavy atom. The Balaban J connectivity index is 2.07. The van der Waals surface area contributed by atoms with Crippen molar-refractivity contribution in [3.63, 3.8) is 0 Å². The van der Waals surface area contributed by atoms with Crippen LogP contribution in [0.5, 0.6) is 0 Å². The van der Waals surface area contributed by atoms with Gasteiger partial charge in [0.25, 0.3) is 5.91 Å². The number of carbonyl (C=O) groups is 1. The van der Waals surface area contributed by atoms with Crippen molar-refractivity contribution in [1.82, 2.24) is 10.3 Å². The smallest absolute Gasteiger partial charge is 0.255 e. The van der Waals surface area contributed by atoms with Crippen LogP contribution in [0.4, 0.5) is 5.69 Å². The number of carbonyl (C=O) groups excluding carboxylic acids is 1. The molecular formula is C16H19N3O. The Hall–Kier alpha value is -2.36. The first-order valence-corrected chi connectivity index (χ1v) is 6.58. The molecule has 0 radical (unpaired) electrons. The van der Waals surface area contributed by atoms with Gasteiger partial charge in [0, 0.05) is 25.5 Å². The van der Waals surface area contributed by atoms with Gasteiger partial charge in [0.1, 0.15) is 0 Å². The number of nitrogens with one attached hydrogen (secondary N) is 2. The number of hydrogen-bond acceptors (Lipinski definition) is 3. The molecule has 0 saturated heterocycles. The van der Waals surface area contributed by atoms with Crippen LogP contribution in [0, 0.1) is 13.8 Å². The van der Waals surface area contributed by atoms with Crippen LogP contribution in [-0.4, -0.2) is 17.9 Å². The van der Waals surface area contributed by atoms with Gasteiger partial charge in [-0.3, -0.25) is 9.78 Å². The van der Waals surface area contributed by atoms with Gasteiger partial charge in [0.15, 0.2) is 0 Å². The lowest BCUT2D eigenvalue weighted by Gasteiger charge is -2.10. The summed E-state index contributed by atoms with van der Waals surface area (Å²) in [6.07, 6.45) is 1.60. The van der Waals surface area contributed by atoms with E-state index in [1.807, 2.05) is 44.2 Å². The van der Waals surface area contributed by atoms with Gasteiger partial charge in [-0.2, -0.15) is 0 Å². The third-order valence-electron chi connectivity index (χ3n) is 3.13. The van der Waals surface area contributed by atoms with E-state index in [0.717, 1.165) is 16.9 Å². The second kappa shape index (κ2) is 6.19. The summed E-state index contributed by atoms with van der Waals surface area (Å²) in [6.45, 7) is 4.45. The summed E-state index contributed by atoms with van der Waals surface area (Å²) in [5, 5.41) is 5.93. The highest BCUT2D eigenvalue weighted by molar-refractivity contribution is 5.99. The van der Waals surface area contributed by atoms with E-state index in [0.29, 0.717) is 12.1 Å². The fourth-order valence-corrected chi connectivity index (χ4v) is 1.93. The summed E-state index contributed by atoms with van der Waals surface area (Å²) < 4.78 is 0. The van der Waals surface area contributed by atoms with Gasteiger partial charge in [-0.05, 0) is 25.5 Å². The van der Waals surface area contributed by atoms with Crippen LogP contribution in [0.15, 0.2) is 36.5 Å². The van der Waals surface area contributed by atoms with Crippen LogP contribution in [0.3, 0.4) is 0 Å². The van der Waals surface area contributed by atoms with E-state index in [1.165, 1.54) is 5.56 Å². The van der Waals surface area contributed by atoms with E-state index in [-0.39, 0.29) is 5.91 Å². The molecule has 0 fully saturated rings. The molecule has 1 heterocycles. The zero-order valence-electron chi connectivity index (χ0n) is 12.0. The van der Waals surface area contributed by atoms with Crippen molar-refractivity contribution in [2.45, 2.75) is 20.4 Å². The van der Waals surface area contributed by atoms with Crippen LogP contribution < -0.4 is 10.6 Å². The van der Waals surface area contributed by atoms with Gasteiger partial charge >= 0.3 is 0 Å². The third kappa shape index (κ3) is 3.35. The summed E-state index contributed by atoms with van der Waals surface area (Å²) in [4.78, 5) is 16.4. The van der Waals surface area contributed by atoms with Crippen molar-refractivity contribution in [2.24, 2.45) is 0 Å². The first-order chi connectivity index (χ1) is 9.60. The predicted molar refractivity (Wildman–Crippen MR) is 80.9 cm³/mol. The van der Waals surface area contributed by atoms with Crippen molar-refractivity contribution in [2.75, 3.05) is 12.4 Å². The summed E-state index contributed by atoms with van der Waals surface area (Å²) in [5.74, 6) is -0.123. The molecule has 4 heteroatoms. The Bertz CT molecular complexity index is 606. The molecule has 0 saturated carbocycles. The van der Waals surface area contributed by atoms with Crippen molar-refractivity contribution in [1.29, 1.82) is 0 Å². The van der Waals surface area contributed by atoms with Crippen LogP contribution in [-0.2, 0) is 6.54 Å². The maximum Gasteiger partial charge on any atom is 0.255 e. The average Bonchev–Trinajstić information content (AvgIpc) is 2.46. The number of anilines is 1. The molecule has 4 nitrogen and oxygen atoms in total. The molecule has 1 aromatic heterocycles. The van der Waals surface area contributed by atoms with Crippen LogP contribution >= 0.6 is 0 Å². The van der Waals surface area contributed by atoms with Gasteiger partial charge in [-0.1, -0.05) is 29.8 Å². The molecule has 2 rings (SSSR count). The molecule has 0 aliphatic rings. The normalized spacial score (nSPS) is 10.2. The number of benzene rings is 1. The van der Waals surface area contributed by atoms with E-state index >= 15 is 0 Å². The summed E-state index contributed by atoms with van der Waals surface area (Å²) >= 11 is 0. The minimum absolute atomic E-state index is 0.123. The second-order valence-corrected chi connectivity index (χ2v) is 4.79. The van der Waals surface area contributed by atoms with Crippen LogP contribution in [0.25, 0.3) is 0 Å². The number of amides is 1. The van der Waals surface area contributed by atoms with E-state index in [9.17, 15) is 4.79 Å². The lowest BCUT2D eigenvalue weighted by molar-refractivity contribution is 0.0951.